The molecule has 1 aliphatic rings. The van der Waals surface area contributed by atoms with Gasteiger partial charge in [0.1, 0.15) is 0 Å². The van der Waals surface area contributed by atoms with Crippen LogP contribution >= 0.6 is 11.6 Å². The van der Waals surface area contributed by atoms with Gasteiger partial charge in [0.05, 0.1) is 14.8 Å². The minimum Gasteiger partial charge on any atom is -0.316 e. The Kier molecular flexibility index (Phi) is 5.00. The number of piperidine rings is 1. The van der Waals surface area contributed by atoms with Crippen LogP contribution in [0.4, 0.5) is 5.69 Å². The number of hydrogen-bond acceptors (Lipinski definition) is 5. The summed E-state index contributed by atoms with van der Waals surface area (Å²) in [5, 5.41) is 14.4. The number of nitro groups is 1. The number of sulfonamides is 1. The fourth-order valence-electron chi connectivity index (χ4n) is 2.63. The van der Waals surface area contributed by atoms with Crippen molar-refractivity contribution < 1.29 is 13.3 Å². The summed E-state index contributed by atoms with van der Waals surface area (Å²) < 4.78 is 27.9. The Balaban J connectivity index is 2.38. The molecule has 0 bridgehead atoms. The van der Waals surface area contributed by atoms with Gasteiger partial charge in [-0.1, -0.05) is 25.4 Å². The fraction of sp³-hybridized carbons (Fsp3) is 0.571. The van der Waals surface area contributed by atoms with E-state index in [2.05, 4.69) is 10.0 Å². The zero-order valence-electron chi connectivity index (χ0n) is 13.2. The van der Waals surface area contributed by atoms with Crippen LogP contribution < -0.4 is 10.0 Å². The van der Waals surface area contributed by atoms with Gasteiger partial charge in [0.25, 0.3) is 5.69 Å². The first-order valence-electron chi connectivity index (χ1n) is 7.22. The molecule has 0 spiro atoms. The molecule has 1 aromatic rings. The molecule has 1 atom stereocenters. The molecule has 1 fully saturated rings. The Morgan fingerprint density at radius 2 is 2.09 bits per heavy atom. The topological polar surface area (TPSA) is 101 Å². The number of benzene rings is 1. The third-order valence-corrected chi connectivity index (χ3v) is 6.07. The van der Waals surface area contributed by atoms with Gasteiger partial charge in [-0.15, -0.1) is 0 Å². The zero-order valence-corrected chi connectivity index (χ0v) is 14.8. The predicted molar refractivity (Wildman–Crippen MR) is 88.2 cm³/mol. The molecule has 0 aromatic heterocycles. The number of nitro benzene ring substituents is 1. The molecule has 2 rings (SSSR count). The van der Waals surface area contributed by atoms with Crippen LogP contribution in [-0.4, -0.2) is 32.5 Å². The van der Waals surface area contributed by atoms with Gasteiger partial charge in [-0.25, -0.2) is 13.1 Å². The second-order valence-electron chi connectivity index (χ2n) is 6.43. The summed E-state index contributed by atoms with van der Waals surface area (Å²) in [6, 6.07) is 2.05. The van der Waals surface area contributed by atoms with Crippen LogP contribution in [0.15, 0.2) is 17.0 Å². The van der Waals surface area contributed by atoms with Crippen molar-refractivity contribution >= 4 is 27.3 Å². The Bertz CT molecular complexity index is 734. The van der Waals surface area contributed by atoms with E-state index in [9.17, 15) is 18.5 Å². The van der Waals surface area contributed by atoms with Crippen molar-refractivity contribution in [3.63, 3.8) is 0 Å². The summed E-state index contributed by atoms with van der Waals surface area (Å²) in [6.07, 6.45) is 0.647. The van der Waals surface area contributed by atoms with E-state index in [1.807, 2.05) is 13.8 Å². The lowest BCUT2D eigenvalue weighted by Gasteiger charge is -2.39. The molecule has 1 heterocycles. The predicted octanol–water partition coefficient (Wildman–Crippen LogP) is 2.22. The molecule has 7 nitrogen and oxygen atoms in total. The first-order chi connectivity index (χ1) is 10.5. The van der Waals surface area contributed by atoms with Gasteiger partial charge in [-0.2, -0.15) is 0 Å². The first kappa shape index (κ1) is 18.1. The molecule has 0 amide bonds. The third-order valence-electron chi connectivity index (χ3n) is 4.23. The maximum Gasteiger partial charge on any atom is 0.275 e. The van der Waals surface area contributed by atoms with Crippen LogP contribution in [0.2, 0.25) is 5.02 Å². The summed E-state index contributed by atoms with van der Waals surface area (Å²) in [6.45, 7) is 6.83. The number of hydrogen-bond donors (Lipinski definition) is 2. The van der Waals surface area contributed by atoms with E-state index < -0.39 is 14.9 Å². The van der Waals surface area contributed by atoms with Crippen molar-refractivity contribution in [2.75, 3.05) is 13.1 Å². The summed E-state index contributed by atoms with van der Waals surface area (Å²) in [5.41, 5.74) is -0.314. The highest BCUT2D eigenvalue weighted by molar-refractivity contribution is 7.89. The minimum atomic E-state index is -3.89. The Labute approximate surface area is 140 Å². The quantitative estimate of drug-likeness (QED) is 0.632. The van der Waals surface area contributed by atoms with Crippen LogP contribution in [0.25, 0.3) is 0 Å². The van der Waals surface area contributed by atoms with E-state index in [1.165, 1.54) is 13.0 Å². The monoisotopic (exact) mass is 361 g/mol. The maximum atomic E-state index is 12.6. The molecule has 2 N–H and O–H groups in total. The van der Waals surface area contributed by atoms with Crippen LogP contribution in [0.5, 0.6) is 0 Å². The van der Waals surface area contributed by atoms with Crippen LogP contribution in [0.1, 0.15) is 25.8 Å². The number of nitrogens with zero attached hydrogens (tertiary/aromatic N) is 1. The van der Waals surface area contributed by atoms with Gasteiger partial charge in [0, 0.05) is 24.2 Å². The average Bonchev–Trinajstić information content (AvgIpc) is 2.43. The highest BCUT2D eigenvalue weighted by Gasteiger charge is 2.35. The van der Waals surface area contributed by atoms with Gasteiger partial charge in [0.2, 0.25) is 10.0 Å². The van der Waals surface area contributed by atoms with Gasteiger partial charge in [-0.3, -0.25) is 10.1 Å². The molecule has 0 aliphatic carbocycles. The summed E-state index contributed by atoms with van der Waals surface area (Å²) >= 11 is 5.96. The third kappa shape index (κ3) is 3.82. The molecular weight excluding hydrogens is 342 g/mol. The highest BCUT2D eigenvalue weighted by Crippen LogP contribution is 2.31. The molecule has 0 radical (unpaired) electrons. The average molecular weight is 362 g/mol. The summed E-state index contributed by atoms with van der Waals surface area (Å²) in [5.74, 6) is 0. The number of nitrogens with one attached hydrogen (secondary N) is 2. The number of rotatable bonds is 4. The van der Waals surface area contributed by atoms with Crippen molar-refractivity contribution in [3.8, 4) is 0 Å². The molecule has 128 valence electrons. The van der Waals surface area contributed by atoms with E-state index in [0.29, 0.717) is 19.5 Å². The molecule has 1 aliphatic heterocycles. The molecular formula is C14H20ClN3O4S. The lowest BCUT2D eigenvalue weighted by atomic mass is 9.81. The van der Waals surface area contributed by atoms with Crippen molar-refractivity contribution in [1.82, 2.24) is 10.0 Å². The number of halogens is 1. The lowest BCUT2D eigenvalue weighted by Crippen LogP contribution is -2.54. The maximum absolute atomic E-state index is 12.6. The Morgan fingerprint density at radius 1 is 1.43 bits per heavy atom. The summed E-state index contributed by atoms with van der Waals surface area (Å²) in [4.78, 5) is 10.3. The second-order valence-corrected chi connectivity index (χ2v) is 8.56. The standard InChI is InChI=1S/C14H20ClN3O4S/c1-9-11(15)6-10(7-12(9)18(19)20)23(21,22)17-13-4-5-16-8-14(13,2)3/h6-7,13,16-17H,4-5,8H2,1-3H3. The molecule has 1 aromatic carbocycles. The van der Waals surface area contributed by atoms with E-state index in [1.54, 1.807) is 0 Å². The SMILES string of the molecule is Cc1c(Cl)cc(S(=O)(=O)NC2CCNCC2(C)C)cc1[N+](=O)[O-]. The Hall–Kier alpha value is -1.22. The van der Waals surface area contributed by atoms with Crippen molar-refractivity contribution in [2.24, 2.45) is 5.41 Å². The minimum absolute atomic E-state index is 0.0594. The van der Waals surface area contributed by atoms with Crippen LogP contribution in [-0.2, 0) is 10.0 Å². The largest absolute Gasteiger partial charge is 0.316 e. The molecule has 23 heavy (non-hydrogen) atoms. The smallest absolute Gasteiger partial charge is 0.275 e. The van der Waals surface area contributed by atoms with E-state index in [4.69, 9.17) is 11.6 Å². The van der Waals surface area contributed by atoms with Crippen LogP contribution in [0.3, 0.4) is 0 Å². The van der Waals surface area contributed by atoms with Crippen molar-refractivity contribution in [1.29, 1.82) is 0 Å². The van der Waals surface area contributed by atoms with Crippen LogP contribution in [0, 0.1) is 22.5 Å². The molecule has 0 saturated carbocycles. The normalized spacial score (nSPS) is 21.1. The molecule has 9 heteroatoms. The molecule has 1 unspecified atom stereocenters. The second kappa shape index (κ2) is 6.35. The Morgan fingerprint density at radius 3 is 2.65 bits per heavy atom. The van der Waals surface area contributed by atoms with Crippen molar-refractivity contribution in [2.45, 2.75) is 38.1 Å². The molecule has 1 saturated heterocycles. The summed E-state index contributed by atoms with van der Waals surface area (Å²) in [7, 11) is -3.89. The van der Waals surface area contributed by atoms with Gasteiger partial charge in [0.15, 0.2) is 0 Å². The fourth-order valence-corrected chi connectivity index (χ4v) is 4.40. The van der Waals surface area contributed by atoms with E-state index in [0.717, 1.165) is 6.07 Å². The van der Waals surface area contributed by atoms with E-state index in [-0.39, 0.29) is 32.6 Å². The van der Waals surface area contributed by atoms with Crippen molar-refractivity contribution in [3.05, 3.63) is 32.8 Å². The van der Waals surface area contributed by atoms with Gasteiger partial charge in [-0.05, 0) is 31.4 Å². The first-order valence-corrected chi connectivity index (χ1v) is 9.08. The zero-order chi connectivity index (χ0) is 17.4. The van der Waals surface area contributed by atoms with Gasteiger partial charge < -0.3 is 5.32 Å². The van der Waals surface area contributed by atoms with Gasteiger partial charge >= 0.3 is 0 Å². The lowest BCUT2D eigenvalue weighted by molar-refractivity contribution is -0.385. The van der Waals surface area contributed by atoms with E-state index >= 15 is 0 Å². The highest BCUT2D eigenvalue weighted by atomic mass is 35.5.